The van der Waals surface area contributed by atoms with Crippen molar-refractivity contribution in [3.05, 3.63) is 48.5 Å². The smallest absolute Gasteiger partial charge is 0.274 e. The molecular formula is C22H26ClN4O4P. The minimum Gasteiger partial charge on any atom is -0.493 e. The van der Waals surface area contributed by atoms with Gasteiger partial charge in [0.1, 0.15) is 6.16 Å². The number of aromatic nitrogens is 1. The third-order valence-electron chi connectivity index (χ3n) is 5.01. The number of aromatic hydroxyl groups is 1. The van der Waals surface area contributed by atoms with Crippen molar-refractivity contribution in [2.75, 3.05) is 36.6 Å². The Kier molecular flexibility index (Phi) is 8.07. The van der Waals surface area contributed by atoms with Gasteiger partial charge in [-0.25, -0.2) is 0 Å². The second-order valence-electron chi connectivity index (χ2n) is 7.00. The van der Waals surface area contributed by atoms with Crippen LogP contribution in [0.4, 0.5) is 11.4 Å². The summed E-state index contributed by atoms with van der Waals surface area (Å²) in [6.45, 7) is 5.83. The van der Waals surface area contributed by atoms with Crippen LogP contribution in [0.25, 0.3) is 10.9 Å². The molecule has 1 heterocycles. The fraction of sp³-hybridized carbons (Fsp3) is 0.318. The number of anilines is 1. The van der Waals surface area contributed by atoms with E-state index in [0.717, 1.165) is 18.8 Å². The van der Waals surface area contributed by atoms with E-state index in [9.17, 15) is 14.5 Å². The zero-order valence-electron chi connectivity index (χ0n) is 18.0. The van der Waals surface area contributed by atoms with Crippen molar-refractivity contribution in [1.29, 1.82) is 0 Å². The molecule has 1 unspecified atom stereocenters. The highest BCUT2D eigenvalue weighted by Crippen LogP contribution is 2.46. The molecule has 0 spiro atoms. The predicted octanol–water partition coefficient (Wildman–Crippen LogP) is 5.19. The third kappa shape index (κ3) is 5.38. The number of halogens is 1. The van der Waals surface area contributed by atoms with E-state index >= 15 is 0 Å². The molecule has 0 saturated heterocycles. The highest BCUT2D eigenvalue weighted by atomic mass is 35.5. The second kappa shape index (κ2) is 10.8. The summed E-state index contributed by atoms with van der Waals surface area (Å²) in [5.74, 6) is -0.780. The van der Waals surface area contributed by atoms with Gasteiger partial charge in [0.05, 0.1) is 12.1 Å². The number of amides is 1. The number of alkyl halides is 1. The van der Waals surface area contributed by atoms with Gasteiger partial charge in [0, 0.05) is 35.3 Å². The van der Waals surface area contributed by atoms with E-state index in [2.05, 4.69) is 34.0 Å². The molecule has 1 atom stereocenters. The van der Waals surface area contributed by atoms with Crippen LogP contribution in [0.2, 0.25) is 0 Å². The van der Waals surface area contributed by atoms with Crippen molar-refractivity contribution in [3.8, 4) is 5.88 Å². The Balaban J connectivity index is 1.82. The molecule has 0 fully saturated rings. The first-order valence-electron chi connectivity index (χ1n) is 10.3. The Bertz CT molecular complexity index is 1140. The lowest BCUT2D eigenvalue weighted by atomic mass is 10.2. The summed E-state index contributed by atoms with van der Waals surface area (Å²) in [6.07, 6.45) is -0.457. The summed E-state index contributed by atoms with van der Waals surface area (Å²) in [5.41, 5.74) is 1.80. The largest absolute Gasteiger partial charge is 0.493 e. The van der Waals surface area contributed by atoms with E-state index in [1.807, 2.05) is 12.1 Å². The summed E-state index contributed by atoms with van der Waals surface area (Å²) in [4.78, 5) is 17.5. The van der Waals surface area contributed by atoms with Crippen LogP contribution in [0.3, 0.4) is 0 Å². The topological polar surface area (TPSA) is 107 Å². The standard InChI is InChI=1S/C22H26ClN4O4P/c1-3-27(4-2)16-9-11-17(12-10-16)32(30,31-14-13-23)15-20(28)25-26-21-18-7-5-6-8-19(18)24-22(21)29/h5-12,24,29H,3-4,13-15H2,1-2H3. The molecule has 2 N–H and O–H groups in total. The molecule has 3 aromatic rings. The highest BCUT2D eigenvalue weighted by Gasteiger charge is 2.30. The van der Waals surface area contributed by atoms with Crippen LogP contribution in [-0.2, 0) is 13.9 Å². The number of benzene rings is 2. The second-order valence-corrected chi connectivity index (χ2v) is 9.82. The van der Waals surface area contributed by atoms with E-state index in [1.54, 1.807) is 36.4 Å². The van der Waals surface area contributed by atoms with Gasteiger partial charge < -0.3 is 19.5 Å². The number of aromatic amines is 1. The van der Waals surface area contributed by atoms with Crippen molar-refractivity contribution in [2.45, 2.75) is 13.8 Å². The SMILES string of the molecule is CCN(CC)c1ccc(P(=O)(CC(=O)N=Nc2c(O)[nH]c3ccccc23)OCCCl)cc1. The Morgan fingerprint density at radius 2 is 1.84 bits per heavy atom. The number of rotatable bonds is 10. The maximum atomic E-state index is 13.6. The molecule has 170 valence electrons. The summed E-state index contributed by atoms with van der Waals surface area (Å²) in [5, 5.41) is 18.7. The van der Waals surface area contributed by atoms with Gasteiger partial charge in [-0.1, -0.05) is 18.2 Å². The normalized spacial score (nSPS) is 13.5. The Morgan fingerprint density at radius 3 is 2.50 bits per heavy atom. The zero-order chi connectivity index (χ0) is 23.1. The minimum atomic E-state index is -3.55. The van der Waals surface area contributed by atoms with Gasteiger partial charge in [0.2, 0.25) is 13.2 Å². The van der Waals surface area contributed by atoms with Crippen LogP contribution in [-0.4, -0.2) is 47.7 Å². The van der Waals surface area contributed by atoms with Crippen molar-refractivity contribution < 1.29 is 19.0 Å². The monoisotopic (exact) mass is 476 g/mol. The van der Waals surface area contributed by atoms with E-state index in [-0.39, 0.29) is 24.1 Å². The van der Waals surface area contributed by atoms with Gasteiger partial charge in [-0.2, -0.15) is 0 Å². The van der Waals surface area contributed by atoms with Gasteiger partial charge in [-0.05, 0) is 44.2 Å². The van der Waals surface area contributed by atoms with Gasteiger partial charge in [-0.15, -0.1) is 21.8 Å². The molecule has 1 amide bonds. The number of nitrogens with zero attached hydrogens (tertiary/aromatic N) is 3. The number of carbonyl (C=O) groups excluding carboxylic acids is 1. The van der Waals surface area contributed by atoms with Gasteiger partial charge >= 0.3 is 0 Å². The van der Waals surface area contributed by atoms with Crippen molar-refractivity contribution in [3.63, 3.8) is 0 Å². The van der Waals surface area contributed by atoms with E-state index in [1.165, 1.54) is 0 Å². The molecule has 0 aliphatic carbocycles. The number of carbonyl (C=O) groups is 1. The number of nitrogens with one attached hydrogen (secondary N) is 1. The average Bonchev–Trinajstić information content (AvgIpc) is 3.12. The first-order valence-corrected chi connectivity index (χ1v) is 12.7. The van der Waals surface area contributed by atoms with Crippen LogP contribution >= 0.6 is 19.0 Å². The lowest BCUT2D eigenvalue weighted by Crippen LogP contribution is -2.22. The molecule has 2 aromatic carbocycles. The number of fused-ring (bicyclic) bond motifs is 1. The van der Waals surface area contributed by atoms with Gasteiger partial charge in [0.25, 0.3) is 5.91 Å². The molecule has 0 radical (unpaired) electrons. The van der Waals surface area contributed by atoms with E-state index < -0.39 is 19.4 Å². The fourth-order valence-corrected chi connectivity index (χ4v) is 5.42. The Hall–Kier alpha value is -2.67. The first kappa shape index (κ1) is 24.0. The van der Waals surface area contributed by atoms with Crippen molar-refractivity contribution >= 4 is 52.5 Å². The van der Waals surface area contributed by atoms with Crippen LogP contribution < -0.4 is 10.2 Å². The molecule has 10 heteroatoms. The van der Waals surface area contributed by atoms with Crippen LogP contribution in [0.5, 0.6) is 5.88 Å². The number of para-hydroxylation sites is 1. The van der Waals surface area contributed by atoms with Crippen molar-refractivity contribution in [1.82, 2.24) is 4.98 Å². The number of hydrogen-bond donors (Lipinski definition) is 2. The zero-order valence-corrected chi connectivity index (χ0v) is 19.6. The maximum Gasteiger partial charge on any atom is 0.274 e. The average molecular weight is 477 g/mol. The lowest BCUT2D eigenvalue weighted by Gasteiger charge is -2.22. The maximum absolute atomic E-state index is 13.6. The van der Waals surface area contributed by atoms with Crippen LogP contribution in [0, 0.1) is 0 Å². The molecule has 0 saturated carbocycles. The fourth-order valence-electron chi connectivity index (χ4n) is 3.40. The third-order valence-corrected chi connectivity index (χ3v) is 7.54. The molecule has 0 aliphatic rings. The summed E-state index contributed by atoms with van der Waals surface area (Å²) >= 11 is 5.73. The summed E-state index contributed by atoms with van der Waals surface area (Å²) < 4.78 is 19.1. The molecule has 3 rings (SSSR count). The first-order chi connectivity index (χ1) is 15.4. The summed E-state index contributed by atoms with van der Waals surface area (Å²) in [6, 6.07) is 14.2. The minimum absolute atomic E-state index is 0.0320. The van der Waals surface area contributed by atoms with Crippen LogP contribution in [0.1, 0.15) is 13.8 Å². The van der Waals surface area contributed by atoms with Crippen molar-refractivity contribution in [2.24, 2.45) is 10.2 Å². The molecule has 0 bridgehead atoms. The summed E-state index contributed by atoms with van der Waals surface area (Å²) in [7, 11) is -3.55. The number of azo groups is 1. The van der Waals surface area contributed by atoms with Gasteiger partial charge in [-0.3, -0.25) is 9.36 Å². The molecule has 8 nitrogen and oxygen atoms in total. The molecule has 1 aromatic heterocycles. The van der Waals surface area contributed by atoms with E-state index in [0.29, 0.717) is 16.2 Å². The molecule has 0 aliphatic heterocycles. The molecule has 32 heavy (non-hydrogen) atoms. The Labute approximate surface area is 191 Å². The molecular weight excluding hydrogens is 451 g/mol. The Morgan fingerprint density at radius 1 is 1.16 bits per heavy atom. The quantitative estimate of drug-likeness (QED) is 0.238. The van der Waals surface area contributed by atoms with Crippen LogP contribution in [0.15, 0.2) is 58.8 Å². The number of hydrogen-bond acceptors (Lipinski definition) is 6. The lowest BCUT2D eigenvalue weighted by molar-refractivity contribution is -0.116. The predicted molar refractivity (Wildman–Crippen MR) is 128 cm³/mol. The highest BCUT2D eigenvalue weighted by molar-refractivity contribution is 7.67. The number of H-pyrrole nitrogens is 1. The van der Waals surface area contributed by atoms with E-state index in [4.69, 9.17) is 16.1 Å². The van der Waals surface area contributed by atoms with Gasteiger partial charge in [0.15, 0.2) is 5.69 Å².